The molecular weight excluding hydrogens is 274 g/mol. The quantitative estimate of drug-likeness (QED) is 0.552. The molecule has 2 aromatic heterocycles. The highest BCUT2D eigenvalue weighted by Gasteiger charge is 2.12. The van der Waals surface area contributed by atoms with Gasteiger partial charge in [-0.05, 0) is 42.8 Å². The molecule has 4 aromatic rings. The molecule has 0 aliphatic carbocycles. The standard InChI is InChI=1S/C18H13N3O/c1-12-5-2-3-7-15(12)18-21-20-17(22-18)14-8-9-16-13(11-14)6-4-10-19-16/h2-11H,1H3. The molecule has 0 radical (unpaired) electrons. The minimum absolute atomic E-state index is 0.518. The molecule has 4 nitrogen and oxygen atoms in total. The lowest BCUT2D eigenvalue weighted by Crippen LogP contribution is -1.81. The first-order valence-corrected chi connectivity index (χ1v) is 7.06. The van der Waals surface area contributed by atoms with Crippen molar-refractivity contribution in [2.24, 2.45) is 0 Å². The van der Waals surface area contributed by atoms with E-state index >= 15 is 0 Å². The second-order valence-electron chi connectivity index (χ2n) is 5.14. The van der Waals surface area contributed by atoms with Gasteiger partial charge in [-0.25, -0.2) is 0 Å². The first kappa shape index (κ1) is 12.7. The average Bonchev–Trinajstić information content (AvgIpc) is 3.04. The van der Waals surface area contributed by atoms with Gasteiger partial charge in [-0.15, -0.1) is 10.2 Å². The lowest BCUT2D eigenvalue weighted by molar-refractivity contribution is 0.584. The number of hydrogen-bond donors (Lipinski definition) is 0. The Morgan fingerprint density at radius 1 is 0.864 bits per heavy atom. The summed E-state index contributed by atoms with van der Waals surface area (Å²) in [7, 11) is 0. The van der Waals surface area contributed by atoms with E-state index in [9.17, 15) is 0 Å². The molecule has 2 heterocycles. The summed E-state index contributed by atoms with van der Waals surface area (Å²) in [4.78, 5) is 4.31. The molecule has 0 aliphatic rings. The largest absolute Gasteiger partial charge is 0.416 e. The third kappa shape index (κ3) is 2.15. The molecule has 0 bridgehead atoms. The maximum Gasteiger partial charge on any atom is 0.248 e. The zero-order valence-corrected chi connectivity index (χ0v) is 12.0. The molecule has 0 atom stereocenters. The van der Waals surface area contributed by atoms with Crippen molar-refractivity contribution >= 4 is 10.9 Å². The van der Waals surface area contributed by atoms with Gasteiger partial charge < -0.3 is 4.42 Å². The van der Waals surface area contributed by atoms with Gasteiger partial charge in [0.1, 0.15) is 0 Å². The van der Waals surface area contributed by atoms with E-state index in [1.165, 1.54) is 0 Å². The Morgan fingerprint density at radius 2 is 1.73 bits per heavy atom. The normalized spacial score (nSPS) is 11.0. The zero-order valence-electron chi connectivity index (χ0n) is 12.0. The minimum Gasteiger partial charge on any atom is -0.416 e. The highest BCUT2D eigenvalue weighted by molar-refractivity contribution is 5.82. The van der Waals surface area contributed by atoms with E-state index in [2.05, 4.69) is 15.2 Å². The van der Waals surface area contributed by atoms with Crippen LogP contribution in [0.1, 0.15) is 5.56 Å². The van der Waals surface area contributed by atoms with Crippen molar-refractivity contribution < 1.29 is 4.42 Å². The molecule has 0 N–H and O–H groups in total. The Kier molecular flexibility index (Phi) is 2.93. The van der Waals surface area contributed by atoms with Gasteiger partial charge in [0.05, 0.1) is 5.52 Å². The van der Waals surface area contributed by atoms with E-state index in [1.54, 1.807) is 6.20 Å². The Morgan fingerprint density at radius 3 is 2.64 bits per heavy atom. The third-order valence-electron chi connectivity index (χ3n) is 3.65. The number of benzene rings is 2. The summed E-state index contributed by atoms with van der Waals surface area (Å²) >= 11 is 0. The monoisotopic (exact) mass is 287 g/mol. The van der Waals surface area contributed by atoms with Crippen LogP contribution in [0.4, 0.5) is 0 Å². The summed E-state index contributed by atoms with van der Waals surface area (Å²) in [5.74, 6) is 1.06. The highest BCUT2D eigenvalue weighted by Crippen LogP contribution is 2.27. The van der Waals surface area contributed by atoms with E-state index < -0.39 is 0 Å². The molecule has 2 aromatic carbocycles. The van der Waals surface area contributed by atoms with E-state index in [0.29, 0.717) is 11.8 Å². The number of nitrogens with zero attached hydrogens (tertiary/aromatic N) is 3. The van der Waals surface area contributed by atoms with Gasteiger partial charge in [0.2, 0.25) is 11.8 Å². The van der Waals surface area contributed by atoms with Crippen LogP contribution in [0.5, 0.6) is 0 Å². The van der Waals surface area contributed by atoms with Crippen LogP contribution in [-0.2, 0) is 0 Å². The second-order valence-corrected chi connectivity index (χ2v) is 5.14. The van der Waals surface area contributed by atoms with E-state index in [0.717, 1.165) is 27.6 Å². The van der Waals surface area contributed by atoms with Crippen molar-refractivity contribution in [1.29, 1.82) is 0 Å². The van der Waals surface area contributed by atoms with Crippen LogP contribution in [0, 0.1) is 6.92 Å². The van der Waals surface area contributed by atoms with Crippen molar-refractivity contribution in [2.45, 2.75) is 6.92 Å². The van der Waals surface area contributed by atoms with Crippen LogP contribution in [0.15, 0.2) is 65.2 Å². The number of pyridine rings is 1. The topological polar surface area (TPSA) is 51.8 Å². The molecule has 0 unspecified atom stereocenters. The Labute approximate surface area is 127 Å². The molecule has 0 saturated heterocycles. The first-order chi connectivity index (χ1) is 10.8. The predicted octanol–water partition coefficient (Wildman–Crippen LogP) is 4.26. The number of rotatable bonds is 2. The Balaban J connectivity index is 1.78. The smallest absolute Gasteiger partial charge is 0.248 e. The summed E-state index contributed by atoms with van der Waals surface area (Å²) in [6.45, 7) is 2.03. The van der Waals surface area contributed by atoms with Crippen LogP contribution < -0.4 is 0 Å². The summed E-state index contributed by atoms with van der Waals surface area (Å²) < 4.78 is 5.84. The second kappa shape index (κ2) is 5.07. The van der Waals surface area contributed by atoms with Gasteiger partial charge in [-0.1, -0.05) is 24.3 Å². The molecule has 0 aliphatic heterocycles. The molecule has 0 spiro atoms. The maximum atomic E-state index is 5.84. The fraction of sp³-hybridized carbons (Fsp3) is 0.0556. The van der Waals surface area contributed by atoms with E-state index in [-0.39, 0.29) is 0 Å². The van der Waals surface area contributed by atoms with Gasteiger partial charge in [-0.3, -0.25) is 4.98 Å². The minimum atomic E-state index is 0.518. The zero-order chi connectivity index (χ0) is 14.9. The van der Waals surface area contributed by atoms with Crippen molar-refractivity contribution in [3.8, 4) is 22.9 Å². The molecule has 0 saturated carbocycles. The number of hydrogen-bond acceptors (Lipinski definition) is 4. The maximum absolute atomic E-state index is 5.84. The van der Waals surface area contributed by atoms with Crippen LogP contribution in [0.3, 0.4) is 0 Å². The average molecular weight is 287 g/mol. The Hall–Kier alpha value is -3.01. The molecule has 0 fully saturated rings. The first-order valence-electron chi connectivity index (χ1n) is 7.06. The summed E-state index contributed by atoms with van der Waals surface area (Å²) in [6, 6.07) is 17.8. The summed E-state index contributed by atoms with van der Waals surface area (Å²) in [5.41, 5.74) is 3.92. The van der Waals surface area contributed by atoms with Gasteiger partial charge >= 0.3 is 0 Å². The number of aromatic nitrogens is 3. The fourth-order valence-electron chi connectivity index (χ4n) is 2.47. The van der Waals surface area contributed by atoms with Crippen LogP contribution in [0.2, 0.25) is 0 Å². The van der Waals surface area contributed by atoms with Crippen LogP contribution >= 0.6 is 0 Å². The van der Waals surface area contributed by atoms with Gasteiger partial charge in [0.25, 0.3) is 0 Å². The van der Waals surface area contributed by atoms with Crippen molar-refractivity contribution in [2.75, 3.05) is 0 Å². The van der Waals surface area contributed by atoms with Crippen molar-refractivity contribution in [1.82, 2.24) is 15.2 Å². The van der Waals surface area contributed by atoms with E-state index in [4.69, 9.17) is 4.42 Å². The van der Waals surface area contributed by atoms with Gasteiger partial charge in [-0.2, -0.15) is 0 Å². The third-order valence-corrected chi connectivity index (χ3v) is 3.65. The lowest BCUT2D eigenvalue weighted by atomic mass is 10.1. The Bertz CT molecular complexity index is 959. The van der Waals surface area contributed by atoms with Crippen LogP contribution in [-0.4, -0.2) is 15.2 Å². The van der Waals surface area contributed by atoms with Gasteiger partial charge in [0, 0.05) is 22.7 Å². The molecule has 22 heavy (non-hydrogen) atoms. The van der Waals surface area contributed by atoms with Crippen LogP contribution in [0.25, 0.3) is 33.8 Å². The number of fused-ring (bicyclic) bond motifs is 1. The SMILES string of the molecule is Cc1ccccc1-c1nnc(-c2ccc3ncccc3c2)o1. The van der Waals surface area contributed by atoms with Crippen molar-refractivity contribution in [3.63, 3.8) is 0 Å². The highest BCUT2D eigenvalue weighted by atomic mass is 16.4. The lowest BCUT2D eigenvalue weighted by Gasteiger charge is -2.00. The fourth-order valence-corrected chi connectivity index (χ4v) is 2.47. The van der Waals surface area contributed by atoms with E-state index in [1.807, 2.05) is 61.5 Å². The molecule has 4 rings (SSSR count). The van der Waals surface area contributed by atoms with Gasteiger partial charge in [0.15, 0.2) is 0 Å². The predicted molar refractivity (Wildman–Crippen MR) is 85.2 cm³/mol. The van der Waals surface area contributed by atoms with Crippen molar-refractivity contribution in [3.05, 3.63) is 66.4 Å². The molecular formula is C18H13N3O. The molecule has 106 valence electrons. The number of aryl methyl sites for hydroxylation is 1. The molecule has 0 amide bonds. The molecule has 4 heteroatoms. The summed E-state index contributed by atoms with van der Waals surface area (Å²) in [6.07, 6.45) is 1.78. The summed E-state index contributed by atoms with van der Waals surface area (Å²) in [5, 5.41) is 9.40.